The average Bonchev–Trinajstić information content (AvgIpc) is 2.69. The maximum Gasteiger partial charge on any atom is 0.258 e. The summed E-state index contributed by atoms with van der Waals surface area (Å²) in [4.78, 5) is 14.2. The van der Waals surface area contributed by atoms with Crippen LogP contribution in [0.2, 0.25) is 0 Å². The zero-order valence-electron chi connectivity index (χ0n) is 14.3. The third-order valence-electron chi connectivity index (χ3n) is 4.05. The van der Waals surface area contributed by atoms with Crippen molar-refractivity contribution < 1.29 is 9.53 Å². The van der Waals surface area contributed by atoms with Gasteiger partial charge in [0, 0.05) is 24.7 Å². The fraction of sp³-hybridized carbons (Fsp3) is 0.136. The Morgan fingerprint density at radius 2 is 1.44 bits per heavy atom. The molecule has 3 aromatic rings. The van der Waals surface area contributed by atoms with Crippen molar-refractivity contribution in [2.75, 3.05) is 18.6 Å². The lowest BCUT2D eigenvalue weighted by atomic mass is 10.1. The van der Waals surface area contributed by atoms with Crippen LogP contribution in [0.5, 0.6) is 5.75 Å². The SMILES string of the molecule is CN(C(=O)c1ccc(OCCc2ccccc2)cc1)c1ccccc1. The Hall–Kier alpha value is -3.07. The maximum absolute atomic E-state index is 12.5. The molecule has 0 saturated carbocycles. The van der Waals surface area contributed by atoms with Gasteiger partial charge in [-0.05, 0) is 42.0 Å². The molecule has 0 heterocycles. The molecule has 0 unspecified atom stereocenters. The highest BCUT2D eigenvalue weighted by Gasteiger charge is 2.13. The van der Waals surface area contributed by atoms with Gasteiger partial charge in [0.25, 0.3) is 5.91 Å². The summed E-state index contributed by atoms with van der Waals surface area (Å²) >= 11 is 0. The van der Waals surface area contributed by atoms with Gasteiger partial charge >= 0.3 is 0 Å². The zero-order chi connectivity index (χ0) is 17.5. The molecule has 0 atom stereocenters. The van der Waals surface area contributed by atoms with Crippen molar-refractivity contribution in [2.45, 2.75) is 6.42 Å². The predicted molar refractivity (Wildman–Crippen MR) is 101 cm³/mol. The number of hydrogen-bond donors (Lipinski definition) is 0. The number of carbonyl (C=O) groups excluding carboxylic acids is 1. The minimum Gasteiger partial charge on any atom is -0.493 e. The van der Waals surface area contributed by atoms with Crippen molar-refractivity contribution >= 4 is 11.6 Å². The third kappa shape index (κ3) is 4.48. The molecule has 25 heavy (non-hydrogen) atoms. The Morgan fingerprint density at radius 3 is 2.08 bits per heavy atom. The largest absolute Gasteiger partial charge is 0.493 e. The van der Waals surface area contributed by atoms with Gasteiger partial charge in [0.05, 0.1) is 6.61 Å². The Morgan fingerprint density at radius 1 is 0.840 bits per heavy atom. The van der Waals surface area contributed by atoms with E-state index in [4.69, 9.17) is 4.74 Å². The molecule has 3 heteroatoms. The molecule has 0 aromatic heterocycles. The van der Waals surface area contributed by atoms with Gasteiger partial charge in [-0.15, -0.1) is 0 Å². The van der Waals surface area contributed by atoms with E-state index in [0.717, 1.165) is 17.9 Å². The van der Waals surface area contributed by atoms with E-state index >= 15 is 0 Å². The number of amides is 1. The van der Waals surface area contributed by atoms with E-state index in [1.165, 1.54) is 5.56 Å². The van der Waals surface area contributed by atoms with Crippen LogP contribution in [0.4, 0.5) is 5.69 Å². The minimum absolute atomic E-state index is 0.0398. The van der Waals surface area contributed by atoms with Gasteiger partial charge in [-0.2, -0.15) is 0 Å². The fourth-order valence-electron chi connectivity index (χ4n) is 2.59. The minimum atomic E-state index is -0.0398. The highest BCUT2D eigenvalue weighted by Crippen LogP contribution is 2.17. The van der Waals surface area contributed by atoms with Gasteiger partial charge in [0.2, 0.25) is 0 Å². The summed E-state index contributed by atoms with van der Waals surface area (Å²) in [5.41, 5.74) is 2.76. The Labute approximate surface area is 148 Å². The second-order valence-electron chi connectivity index (χ2n) is 5.81. The van der Waals surface area contributed by atoms with Gasteiger partial charge in [0.15, 0.2) is 0 Å². The number of carbonyl (C=O) groups is 1. The summed E-state index contributed by atoms with van der Waals surface area (Å²) in [7, 11) is 1.78. The van der Waals surface area contributed by atoms with Gasteiger partial charge < -0.3 is 9.64 Å². The number of rotatable bonds is 6. The Balaban J connectivity index is 1.57. The van der Waals surface area contributed by atoms with Gasteiger partial charge in [0.1, 0.15) is 5.75 Å². The van der Waals surface area contributed by atoms with Crippen molar-refractivity contribution in [3.05, 3.63) is 96.1 Å². The Bertz CT molecular complexity index is 798. The van der Waals surface area contributed by atoms with Crippen LogP contribution in [0.1, 0.15) is 15.9 Å². The van der Waals surface area contributed by atoms with Crippen LogP contribution < -0.4 is 9.64 Å². The van der Waals surface area contributed by atoms with E-state index in [0.29, 0.717) is 12.2 Å². The lowest BCUT2D eigenvalue weighted by Crippen LogP contribution is -2.26. The van der Waals surface area contributed by atoms with Crippen molar-refractivity contribution in [3.63, 3.8) is 0 Å². The molecule has 0 aliphatic carbocycles. The van der Waals surface area contributed by atoms with Crippen molar-refractivity contribution in [1.29, 1.82) is 0 Å². The van der Waals surface area contributed by atoms with Crippen LogP contribution >= 0.6 is 0 Å². The lowest BCUT2D eigenvalue weighted by molar-refractivity contribution is 0.0993. The summed E-state index contributed by atoms with van der Waals surface area (Å²) in [6.07, 6.45) is 0.859. The van der Waals surface area contributed by atoms with Crippen molar-refractivity contribution in [2.24, 2.45) is 0 Å². The summed E-state index contributed by atoms with van der Waals surface area (Å²) in [5.74, 6) is 0.733. The normalized spacial score (nSPS) is 10.3. The standard InChI is InChI=1S/C22H21NO2/c1-23(20-10-6-3-7-11-20)22(24)19-12-14-21(15-13-19)25-17-16-18-8-4-2-5-9-18/h2-15H,16-17H2,1H3. The summed E-state index contributed by atoms with van der Waals surface area (Å²) in [6.45, 7) is 0.612. The molecule has 0 radical (unpaired) electrons. The van der Waals surface area contributed by atoms with Gasteiger partial charge in [-0.25, -0.2) is 0 Å². The maximum atomic E-state index is 12.5. The van der Waals surface area contributed by atoms with Crippen LogP contribution in [-0.4, -0.2) is 19.6 Å². The van der Waals surface area contributed by atoms with E-state index in [2.05, 4.69) is 12.1 Å². The molecule has 126 valence electrons. The van der Waals surface area contributed by atoms with Gasteiger partial charge in [-0.3, -0.25) is 4.79 Å². The first-order valence-electron chi connectivity index (χ1n) is 8.34. The van der Waals surface area contributed by atoms with Crippen LogP contribution in [0.3, 0.4) is 0 Å². The fourth-order valence-corrected chi connectivity index (χ4v) is 2.59. The molecular formula is C22H21NO2. The summed E-state index contributed by atoms with van der Waals surface area (Å²) < 4.78 is 5.76. The zero-order valence-corrected chi connectivity index (χ0v) is 14.3. The van der Waals surface area contributed by atoms with E-state index in [1.54, 1.807) is 24.1 Å². The molecular weight excluding hydrogens is 310 g/mol. The number of hydrogen-bond acceptors (Lipinski definition) is 2. The Kier molecular flexibility index (Phi) is 5.47. The van der Waals surface area contributed by atoms with Gasteiger partial charge in [-0.1, -0.05) is 48.5 Å². The number of ether oxygens (including phenoxy) is 1. The number of para-hydroxylation sites is 1. The molecule has 0 bridgehead atoms. The van der Waals surface area contributed by atoms with Crippen molar-refractivity contribution in [1.82, 2.24) is 0 Å². The molecule has 0 aliphatic rings. The second-order valence-corrected chi connectivity index (χ2v) is 5.81. The molecule has 0 saturated heterocycles. The quantitative estimate of drug-likeness (QED) is 0.661. The van der Waals surface area contributed by atoms with Crippen LogP contribution in [-0.2, 0) is 6.42 Å². The van der Waals surface area contributed by atoms with Crippen LogP contribution in [0.25, 0.3) is 0 Å². The molecule has 0 spiro atoms. The molecule has 3 nitrogen and oxygen atoms in total. The average molecular weight is 331 g/mol. The van der Waals surface area contributed by atoms with Crippen LogP contribution in [0, 0.1) is 0 Å². The first-order valence-corrected chi connectivity index (χ1v) is 8.34. The first-order chi connectivity index (χ1) is 12.2. The summed E-state index contributed by atoms with van der Waals surface area (Å²) in [5, 5.41) is 0. The molecule has 0 aliphatic heterocycles. The summed E-state index contributed by atoms with van der Waals surface area (Å²) in [6, 6.07) is 27.1. The topological polar surface area (TPSA) is 29.5 Å². The van der Waals surface area contributed by atoms with E-state index in [-0.39, 0.29) is 5.91 Å². The first kappa shape index (κ1) is 16.8. The second kappa shape index (κ2) is 8.15. The van der Waals surface area contributed by atoms with Crippen molar-refractivity contribution in [3.8, 4) is 5.75 Å². The predicted octanol–water partition coefficient (Wildman–Crippen LogP) is 4.58. The smallest absolute Gasteiger partial charge is 0.258 e. The molecule has 0 fully saturated rings. The third-order valence-corrected chi connectivity index (χ3v) is 4.05. The van der Waals surface area contributed by atoms with E-state index < -0.39 is 0 Å². The number of anilines is 1. The lowest BCUT2D eigenvalue weighted by Gasteiger charge is -2.17. The number of nitrogens with zero attached hydrogens (tertiary/aromatic N) is 1. The molecule has 1 amide bonds. The highest BCUT2D eigenvalue weighted by atomic mass is 16.5. The molecule has 3 rings (SSSR count). The molecule has 3 aromatic carbocycles. The van der Waals surface area contributed by atoms with E-state index in [1.807, 2.05) is 60.7 Å². The highest BCUT2D eigenvalue weighted by molar-refractivity contribution is 6.05. The number of benzene rings is 3. The van der Waals surface area contributed by atoms with E-state index in [9.17, 15) is 4.79 Å². The van der Waals surface area contributed by atoms with Crippen LogP contribution in [0.15, 0.2) is 84.9 Å². The monoisotopic (exact) mass is 331 g/mol. The molecule has 0 N–H and O–H groups in total.